The zero-order valence-corrected chi connectivity index (χ0v) is 11.8. The van der Waals surface area contributed by atoms with E-state index in [2.05, 4.69) is 10.6 Å². The molecule has 0 radical (unpaired) electrons. The van der Waals surface area contributed by atoms with Crippen LogP contribution in [-0.4, -0.2) is 43.2 Å². The fraction of sp³-hybridized carbons (Fsp3) is 0.308. The number of rotatable bonds is 6. The van der Waals surface area contributed by atoms with Crippen molar-refractivity contribution in [3.8, 4) is 0 Å². The van der Waals surface area contributed by atoms with Gasteiger partial charge in [-0.3, -0.25) is 4.79 Å². The molecular formula is C13H18N4O4. The zero-order valence-electron chi connectivity index (χ0n) is 11.8. The van der Waals surface area contributed by atoms with Gasteiger partial charge in [0.2, 0.25) is 5.91 Å². The predicted molar refractivity (Wildman–Crippen MR) is 78.2 cm³/mol. The third kappa shape index (κ3) is 5.39. The summed E-state index contributed by atoms with van der Waals surface area (Å²) in [5.41, 5.74) is 6.38. The van der Waals surface area contributed by atoms with Gasteiger partial charge in [0.15, 0.2) is 0 Å². The second-order valence-corrected chi connectivity index (χ2v) is 4.60. The number of carbonyl (C=O) groups is 3. The molecular weight excluding hydrogens is 276 g/mol. The van der Waals surface area contributed by atoms with Crippen LogP contribution in [0.15, 0.2) is 24.3 Å². The van der Waals surface area contributed by atoms with E-state index in [-0.39, 0.29) is 0 Å². The van der Waals surface area contributed by atoms with Crippen molar-refractivity contribution < 1.29 is 19.5 Å². The molecule has 0 aliphatic heterocycles. The molecule has 0 bridgehead atoms. The molecule has 1 aromatic rings. The lowest BCUT2D eigenvalue weighted by atomic mass is 10.2. The lowest BCUT2D eigenvalue weighted by Crippen LogP contribution is -2.45. The maximum absolute atomic E-state index is 11.7. The molecule has 3 amide bonds. The van der Waals surface area contributed by atoms with Crippen LogP contribution in [0.2, 0.25) is 0 Å². The van der Waals surface area contributed by atoms with E-state index in [1.54, 1.807) is 24.3 Å². The first-order valence-electron chi connectivity index (χ1n) is 6.15. The molecule has 0 saturated carbocycles. The molecule has 0 aliphatic carbocycles. The third-order valence-electron chi connectivity index (χ3n) is 2.65. The number of aliphatic carboxylic acids is 1. The number of benzene rings is 1. The van der Waals surface area contributed by atoms with Crippen molar-refractivity contribution >= 4 is 29.3 Å². The number of carboxylic acid groups (broad SMARTS) is 1. The smallest absolute Gasteiger partial charge is 0.326 e. The molecule has 0 fully saturated rings. The second-order valence-electron chi connectivity index (χ2n) is 4.60. The molecule has 1 aromatic carbocycles. The summed E-state index contributed by atoms with van der Waals surface area (Å²) in [5, 5.41) is 13.5. The minimum absolute atomic E-state index is 0.470. The first kappa shape index (κ1) is 16.3. The highest BCUT2D eigenvalue weighted by Crippen LogP contribution is 2.15. The van der Waals surface area contributed by atoms with E-state index in [1.807, 2.05) is 19.0 Å². The van der Waals surface area contributed by atoms with Gasteiger partial charge in [-0.05, 0) is 24.3 Å². The van der Waals surface area contributed by atoms with E-state index < -0.39 is 30.4 Å². The number of primary amides is 1. The Labute approximate surface area is 121 Å². The monoisotopic (exact) mass is 294 g/mol. The average Bonchev–Trinajstić information content (AvgIpc) is 2.37. The zero-order chi connectivity index (χ0) is 16.0. The third-order valence-corrected chi connectivity index (χ3v) is 2.65. The molecule has 8 heteroatoms. The number of carboxylic acids is 1. The quantitative estimate of drug-likeness (QED) is 0.596. The molecule has 0 aliphatic rings. The van der Waals surface area contributed by atoms with Crippen molar-refractivity contribution in [2.45, 2.75) is 12.5 Å². The highest BCUT2D eigenvalue weighted by atomic mass is 16.4. The van der Waals surface area contributed by atoms with Crippen LogP contribution in [0.5, 0.6) is 0 Å². The standard InChI is InChI=1S/C13H18N4O4/c1-17(2)9-5-3-8(4-6-9)15-13(21)16-10(12(19)20)7-11(14)18/h3-6,10H,7H2,1-2H3,(H2,14,18)(H,19,20)(H2,15,16,21). The van der Waals surface area contributed by atoms with E-state index in [0.717, 1.165) is 5.69 Å². The molecule has 5 N–H and O–H groups in total. The molecule has 0 aromatic heterocycles. The van der Waals surface area contributed by atoms with Crippen LogP contribution < -0.4 is 21.3 Å². The number of carbonyl (C=O) groups excluding carboxylic acids is 2. The Hall–Kier alpha value is -2.77. The lowest BCUT2D eigenvalue weighted by Gasteiger charge is -2.15. The maximum atomic E-state index is 11.7. The minimum Gasteiger partial charge on any atom is -0.480 e. The number of amides is 3. The number of hydrogen-bond donors (Lipinski definition) is 4. The molecule has 1 rings (SSSR count). The van der Waals surface area contributed by atoms with Gasteiger partial charge in [0, 0.05) is 25.5 Å². The Morgan fingerprint density at radius 1 is 1.24 bits per heavy atom. The molecule has 0 saturated heterocycles. The van der Waals surface area contributed by atoms with Gasteiger partial charge in [-0.15, -0.1) is 0 Å². The fourth-order valence-corrected chi connectivity index (χ4v) is 1.57. The highest BCUT2D eigenvalue weighted by molar-refractivity contribution is 5.93. The SMILES string of the molecule is CN(C)c1ccc(NC(=O)NC(CC(N)=O)C(=O)O)cc1. The molecule has 1 unspecified atom stereocenters. The Morgan fingerprint density at radius 3 is 2.24 bits per heavy atom. The number of nitrogens with one attached hydrogen (secondary N) is 2. The molecule has 0 heterocycles. The summed E-state index contributed by atoms with van der Waals surface area (Å²) in [6.07, 6.45) is -0.470. The van der Waals surface area contributed by atoms with Gasteiger partial charge in [-0.2, -0.15) is 0 Å². The highest BCUT2D eigenvalue weighted by Gasteiger charge is 2.22. The van der Waals surface area contributed by atoms with E-state index in [1.165, 1.54) is 0 Å². The van der Waals surface area contributed by atoms with Gasteiger partial charge >= 0.3 is 12.0 Å². The maximum Gasteiger partial charge on any atom is 0.326 e. The van der Waals surface area contributed by atoms with Crippen LogP contribution in [0, 0.1) is 0 Å². The van der Waals surface area contributed by atoms with Gasteiger partial charge < -0.3 is 26.4 Å². The predicted octanol–water partition coefficient (Wildman–Crippen LogP) is 0.203. The van der Waals surface area contributed by atoms with Crippen molar-refractivity contribution in [1.29, 1.82) is 0 Å². The second kappa shape index (κ2) is 7.13. The summed E-state index contributed by atoms with van der Waals surface area (Å²) >= 11 is 0. The first-order valence-corrected chi connectivity index (χ1v) is 6.15. The summed E-state index contributed by atoms with van der Waals surface area (Å²) in [5.74, 6) is -2.13. The summed E-state index contributed by atoms with van der Waals surface area (Å²) < 4.78 is 0. The van der Waals surface area contributed by atoms with Crippen molar-refractivity contribution in [2.75, 3.05) is 24.3 Å². The van der Waals surface area contributed by atoms with Gasteiger partial charge in [-0.25, -0.2) is 9.59 Å². The van der Waals surface area contributed by atoms with Gasteiger partial charge in [0.05, 0.1) is 6.42 Å². The van der Waals surface area contributed by atoms with Gasteiger partial charge in [0.25, 0.3) is 0 Å². The fourth-order valence-electron chi connectivity index (χ4n) is 1.57. The minimum atomic E-state index is -1.36. The largest absolute Gasteiger partial charge is 0.480 e. The normalized spacial score (nSPS) is 11.3. The lowest BCUT2D eigenvalue weighted by molar-refractivity contribution is -0.140. The topological polar surface area (TPSA) is 125 Å². The van der Waals surface area contributed by atoms with E-state index in [0.29, 0.717) is 5.69 Å². The number of urea groups is 1. The van der Waals surface area contributed by atoms with Crippen molar-refractivity contribution in [3.05, 3.63) is 24.3 Å². The van der Waals surface area contributed by atoms with Gasteiger partial charge in [0.1, 0.15) is 6.04 Å². The Bertz CT molecular complexity index is 527. The number of nitrogens with two attached hydrogens (primary N) is 1. The van der Waals surface area contributed by atoms with Crippen LogP contribution in [-0.2, 0) is 9.59 Å². The number of hydrogen-bond acceptors (Lipinski definition) is 4. The number of anilines is 2. The van der Waals surface area contributed by atoms with E-state index in [4.69, 9.17) is 10.8 Å². The van der Waals surface area contributed by atoms with Crippen LogP contribution in [0.25, 0.3) is 0 Å². The van der Waals surface area contributed by atoms with Crippen molar-refractivity contribution in [2.24, 2.45) is 5.73 Å². The molecule has 8 nitrogen and oxygen atoms in total. The Morgan fingerprint density at radius 2 is 1.81 bits per heavy atom. The van der Waals surface area contributed by atoms with Crippen LogP contribution in [0.3, 0.4) is 0 Å². The molecule has 114 valence electrons. The van der Waals surface area contributed by atoms with Crippen molar-refractivity contribution in [1.82, 2.24) is 5.32 Å². The van der Waals surface area contributed by atoms with Crippen LogP contribution >= 0.6 is 0 Å². The Kier molecular flexibility index (Phi) is 5.53. The summed E-state index contributed by atoms with van der Waals surface area (Å²) in [6, 6.07) is 4.88. The van der Waals surface area contributed by atoms with Gasteiger partial charge in [-0.1, -0.05) is 0 Å². The van der Waals surface area contributed by atoms with Crippen LogP contribution in [0.1, 0.15) is 6.42 Å². The molecule has 0 spiro atoms. The summed E-state index contributed by atoms with van der Waals surface area (Å²) in [7, 11) is 3.77. The molecule has 21 heavy (non-hydrogen) atoms. The van der Waals surface area contributed by atoms with E-state index in [9.17, 15) is 14.4 Å². The Balaban J connectivity index is 2.63. The number of nitrogens with zero attached hydrogens (tertiary/aromatic N) is 1. The summed E-state index contributed by atoms with van der Waals surface area (Å²) in [6.45, 7) is 0. The van der Waals surface area contributed by atoms with E-state index >= 15 is 0 Å². The summed E-state index contributed by atoms with van der Waals surface area (Å²) in [4.78, 5) is 35.2. The molecule has 1 atom stereocenters. The van der Waals surface area contributed by atoms with Crippen LogP contribution in [0.4, 0.5) is 16.2 Å². The first-order chi connectivity index (χ1) is 9.79. The van der Waals surface area contributed by atoms with Crippen molar-refractivity contribution in [3.63, 3.8) is 0 Å². The average molecular weight is 294 g/mol.